The van der Waals surface area contributed by atoms with E-state index in [0.717, 1.165) is 0 Å². The van der Waals surface area contributed by atoms with Crippen molar-refractivity contribution in [3.63, 3.8) is 0 Å². The van der Waals surface area contributed by atoms with Gasteiger partial charge < -0.3 is 5.11 Å². The first kappa shape index (κ1) is 6.02. The minimum absolute atomic E-state index is 1.08. The molecule has 0 aromatic carbocycles. The molecule has 0 saturated heterocycles. The molecule has 0 spiro atoms. The Morgan fingerprint density at radius 1 is 1.83 bits per heavy atom. The van der Waals surface area contributed by atoms with Crippen molar-refractivity contribution in [1.82, 2.24) is 0 Å². The summed E-state index contributed by atoms with van der Waals surface area (Å²) < 4.78 is 9.60. The highest BCUT2D eigenvalue weighted by molar-refractivity contribution is 7.38. The summed E-state index contributed by atoms with van der Waals surface area (Å²) in [4.78, 5) is 7.89. The first-order chi connectivity index (χ1) is 2.64. The molecule has 0 aliphatic carbocycles. The zero-order valence-corrected chi connectivity index (χ0v) is 4.22. The summed E-state index contributed by atoms with van der Waals surface area (Å²) in [6, 6.07) is 0. The van der Waals surface area contributed by atoms with Gasteiger partial charge >= 0.3 is 8.03 Å². The fourth-order valence-corrected chi connectivity index (χ4v) is 0. The molecule has 0 fully saturated rings. The van der Waals surface area contributed by atoms with Crippen LogP contribution in [0.25, 0.3) is 0 Å². The summed E-state index contributed by atoms with van der Waals surface area (Å²) in [7, 11) is -2.35. The van der Waals surface area contributed by atoms with Gasteiger partial charge in [0.2, 0.25) is 0 Å². The van der Waals surface area contributed by atoms with Crippen LogP contribution in [-0.2, 0) is 4.57 Å². The predicted octanol–water partition coefficient (Wildman–Crippen LogP) is 0.0594. The summed E-state index contributed by atoms with van der Waals surface area (Å²) in [6.07, 6.45) is 0. The van der Waals surface area contributed by atoms with Crippen molar-refractivity contribution in [2.45, 2.75) is 12.8 Å². The molecule has 36 valence electrons. The summed E-state index contributed by atoms with van der Waals surface area (Å²) >= 11 is 0. The van der Waals surface area contributed by atoms with Gasteiger partial charge in [0.1, 0.15) is 0 Å². The van der Waals surface area contributed by atoms with Gasteiger partial charge in [0.05, 0.1) is 0 Å². The van der Waals surface area contributed by atoms with Crippen LogP contribution in [0.3, 0.4) is 0 Å². The van der Waals surface area contributed by atoms with Crippen molar-refractivity contribution in [3.05, 3.63) is 0 Å². The Bertz CT molecular complexity index is 59.8. The van der Waals surface area contributed by atoms with Gasteiger partial charge in [0, 0.05) is 6.92 Å². The number of hydrogen-bond acceptors (Lipinski definition) is 2. The van der Waals surface area contributed by atoms with Gasteiger partial charge in [-0.1, -0.05) is 0 Å². The summed E-state index contributed by atoms with van der Waals surface area (Å²) in [5.74, 6) is -1.08. The molecule has 2 atom stereocenters. The third kappa shape index (κ3) is 2.27. The Labute approximate surface area is 36.5 Å². The molecule has 0 aliphatic heterocycles. The maximum Gasteiger partial charge on any atom is 0.537 e. The molecule has 0 saturated carbocycles. The Balaban J connectivity index is 3.26. The molecule has 0 aromatic rings. The van der Waals surface area contributed by atoms with E-state index in [0.29, 0.717) is 0 Å². The standard InChI is InChI=1S/C2H5O3P/c1-2(3)6(4)5/h2-3H,1H3/p+1/t2-/m0/s1. The number of aliphatic hydroxyl groups excluding tert-OH is 1. The lowest BCUT2D eigenvalue weighted by Crippen LogP contribution is -1.88. The average Bonchev–Trinajstić information content (AvgIpc) is 1.36. The molecule has 0 heterocycles. The Morgan fingerprint density at radius 3 is 2.00 bits per heavy atom. The number of rotatable bonds is 1. The quantitative estimate of drug-likeness (QED) is 0.468. The topological polar surface area (TPSA) is 57.5 Å². The maximum absolute atomic E-state index is 9.60. The van der Waals surface area contributed by atoms with Crippen molar-refractivity contribution in [2.24, 2.45) is 0 Å². The summed E-state index contributed by atoms with van der Waals surface area (Å²) in [6.45, 7) is 1.26. The molecule has 0 rings (SSSR count). The highest BCUT2D eigenvalue weighted by atomic mass is 31.1. The Hall–Kier alpha value is 0.0200. The van der Waals surface area contributed by atoms with Gasteiger partial charge in [-0.05, 0) is 4.57 Å². The highest BCUT2D eigenvalue weighted by Crippen LogP contribution is 2.17. The third-order valence-corrected chi connectivity index (χ3v) is 0.959. The molecule has 4 heteroatoms. The second-order valence-corrected chi connectivity index (χ2v) is 2.29. The SMILES string of the molecule is C[C@@H](O)[P+](=O)O. The fourth-order valence-electron chi connectivity index (χ4n) is 0. The van der Waals surface area contributed by atoms with E-state index in [1.807, 2.05) is 0 Å². The van der Waals surface area contributed by atoms with Crippen LogP contribution in [0.1, 0.15) is 6.92 Å². The zero-order chi connectivity index (χ0) is 5.15. The molecule has 3 nitrogen and oxygen atoms in total. The predicted molar refractivity (Wildman–Crippen MR) is 21.5 cm³/mol. The van der Waals surface area contributed by atoms with Gasteiger partial charge in [-0.15, -0.1) is 0 Å². The van der Waals surface area contributed by atoms with E-state index in [9.17, 15) is 4.57 Å². The van der Waals surface area contributed by atoms with Gasteiger partial charge in [-0.2, -0.15) is 4.89 Å². The largest absolute Gasteiger partial charge is 0.537 e. The van der Waals surface area contributed by atoms with Gasteiger partial charge in [0.25, 0.3) is 5.85 Å². The van der Waals surface area contributed by atoms with Crippen LogP contribution in [0.2, 0.25) is 0 Å². The van der Waals surface area contributed by atoms with E-state index < -0.39 is 13.9 Å². The van der Waals surface area contributed by atoms with Crippen molar-refractivity contribution < 1.29 is 14.6 Å². The second-order valence-electron chi connectivity index (χ2n) is 0.934. The number of hydrogen-bond donors (Lipinski definition) is 2. The van der Waals surface area contributed by atoms with Crippen LogP contribution < -0.4 is 0 Å². The van der Waals surface area contributed by atoms with Crippen molar-refractivity contribution in [2.75, 3.05) is 0 Å². The molecule has 0 aromatic heterocycles. The smallest absolute Gasteiger partial charge is 0.349 e. The molecule has 6 heavy (non-hydrogen) atoms. The zero-order valence-electron chi connectivity index (χ0n) is 3.33. The van der Waals surface area contributed by atoms with Crippen LogP contribution in [0.15, 0.2) is 0 Å². The van der Waals surface area contributed by atoms with E-state index in [4.69, 9.17) is 10.00 Å². The molecule has 2 N–H and O–H groups in total. The van der Waals surface area contributed by atoms with Gasteiger partial charge in [-0.25, -0.2) is 0 Å². The molecular formula is C2H6O3P+. The van der Waals surface area contributed by atoms with Gasteiger partial charge in [-0.3, -0.25) is 0 Å². The van der Waals surface area contributed by atoms with Crippen molar-refractivity contribution in [3.8, 4) is 0 Å². The van der Waals surface area contributed by atoms with Crippen molar-refractivity contribution in [1.29, 1.82) is 0 Å². The lowest BCUT2D eigenvalue weighted by Gasteiger charge is -1.74. The summed E-state index contributed by atoms with van der Waals surface area (Å²) in [5, 5.41) is 8.10. The normalized spacial score (nSPS) is 16.8. The van der Waals surface area contributed by atoms with E-state index >= 15 is 0 Å². The lowest BCUT2D eigenvalue weighted by atomic mass is 10.9. The van der Waals surface area contributed by atoms with Crippen LogP contribution in [-0.4, -0.2) is 15.8 Å². The highest BCUT2D eigenvalue weighted by Gasteiger charge is 2.17. The van der Waals surface area contributed by atoms with Crippen LogP contribution >= 0.6 is 8.03 Å². The van der Waals surface area contributed by atoms with E-state index in [2.05, 4.69) is 0 Å². The van der Waals surface area contributed by atoms with Crippen molar-refractivity contribution >= 4 is 8.03 Å². The second kappa shape index (κ2) is 2.24. The molecule has 0 radical (unpaired) electrons. The Morgan fingerprint density at radius 2 is 2.00 bits per heavy atom. The van der Waals surface area contributed by atoms with Crippen LogP contribution in [0.4, 0.5) is 0 Å². The monoisotopic (exact) mass is 109 g/mol. The minimum Gasteiger partial charge on any atom is -0.349 e. The minimum atomic E-state index is -2.35. The molecular weight excluding hydrogens is 103 g/mol. The first-order valence-electron chi connectivity index (χ1n) is 1.48. The molecule has 1 unspecified atom stereocenters. The fraction of sp³-hybridized carbons (Fsp3) is 1.00. The summed E-state index contributed by atoms with van der Waals surface area (Å²) in [5.41, 5.74) is 0. The molecule has 0 bridgehead atoms. The van der Waals surface area contributed by atoms with Crippen LogP contribution in [0.5, 0.6) is 0 Å². The van der Waals surface area contributed by atoms with Gasteiger partial charge in [0.15, 0.2) is 0 Å². The number of aliphatic hydroxyl groups is 1. The lowest BCUT2D eigenvalue weighted by molar-refractivity contribution is 0.257. The van der Waals surface area contributed by atoms with Crippen LogP contribution in [0, 0.1) is 0 Å². The molecule has 0 amide bonds. The first-order valence-corrected chi connectivity index (χ1v) is 2.76. The van der Waals surface area contributed by atoms with E-state index in [1.165, 1.54) is 6.92 Å². The Kier molecular flexibility index (Phi) is 2.25. The molecule has 0 aliphatic rings. The average molecular weight is 109 g/mol. The van der Waals surface area contributed by atoms with E-state index in [-0.39, 0.29) is 0 Å². The van der Waals surface area contributed by atoms with E-state index in [1.54, 1.807) is 0 Å². The maximum atomic E-state index is 9.60. The third-order valence-electron chi connectivity index (χ3n) is 0.320.